The van der Waals surface area contributed by atoms with Crippen LogP contribution in [0.2, 0.25) is 0 Å². The predicted molar refractivity (Wildman–Crippen MR) is 79.9 cm³/mol. The number of fused-ring (bicyclic) bond motifs is 1. The van der Waals surface area contributed by atoms with Crippen LogP contribution in [0.15, 0.2) is 24.3 Å². The smallest absolute Gasteiger partial charge is 0.317 e. The van der Waals surface area contributed by atoms with Gasteiger partial charge in [0.15, 0.2) is 0 Å². The van der Waals surface area contributed by atoms with Gasteiger partial charge in [0.2, 0.25) is 0 Å². The number of urea groups is 1. The van der Waals surface area contributed by atoms with Crippen LogP contribution in [-0.2, 0) is 6.54 Å². The first-order valence-electron chi connectivity index (χ1n) is 7.37. The molecule has 1 atom stereocenters. The lowest BCUT2D eigenvalue weighted by atomic mass is 10.1. The first kappa shape index (κ1) is 13.2. The van der Waals surface area contributed by atoms with Crippen LogP contribution < -0.4 is 15.5 Å². The van der Waals surface area contributed by atoms with Crippen LogP contribution in [0.4, 0.5) is 10.5 Å². The third-order valence-corrected chi connectivity index (χ3v) is 4.13. The van der Waals surface area contributed by atoms with Gasteiger partial charge in [-0.2, -0.15) is 0 Å². The van der Waals surface area contributed by atoms with E-state index in [4.69, 9.17) is 0 Å². The van der Waals surface area contributed by atoms with Gasteiger partial charge in [-0.15, -0.1) is 0 Å². The van der Waals surface area contributed by atoms with Crippen LogP contribution in [0.1, 0.15) is 12.5 Å². The second-order valence-corrected chi connectivity index (χ2v) is 5.39. The number of carbonyl (C=O) groups excluding carboxylic acids is 1. The topological polar surface area (TPSA) is 47.6 Å². The van der Waals surface area contributed by atoms with Crippen LogP contribution >= 0.6 is 0 Å². The number of nitrogens with one attached hydrogen (secondary N) is 2. The molecule has 108 valence electrons. The van der Waals surface area contributed by atoms with Crippen LogP contribution in [0.3, 0.4) is 0 Å². The first-order valence-corrected chi connectivity index (χ1v) is 7.37. The molecule has 2 amide bonds. The van der Waals surface area contributed by atoms with Crippen molar-refractivity contribution >= 4 is 11.7 Å². The Morgan fingerprint density at radius 1 is 1.35 bits per heavy atom. The summed E-state index contributed by atoms with van der Waals surface area (Å²) in [4.78, 5) is 16.0. The fourth-order valence-corrected chi connectivity index (χ4v) is 3.05. The molecule has 2 aliphatic rings. The van der Waals surface area contributed by atoms with Crippen molar-refractivity contribution < 1.29 is 4.79 Å². The third-order valence-electron chi connectivity index (χ3n) is 4.13. The number of piperazine rings is 1. The maximum atomic E-state index is 11.6. The molecule has 0 aromatic heterocycles. The van der Waals surface area contributed by atoms with Gasteiger partial charge >= 0.3 is 6.03 Å². The average Bonchev–Trinajstić information content (AvgIpc) is 2.86. The van der Waals surface area contributed by atoms with Crippen molar-refractivity contribution in [2.45, 2.75) is 19.5 Å². The molecule has 5 nitrogen and oxygen atoms in total. The van der Waals surface area contributed by atoms with E-state index in [-0.39, 0.29) is 6.03 Å². The normalized spacial score (nSPS) is 21.9. The van der Waals surface area contributed by atoms with Crippen LogP contribution in [-0.4, -0.2) is 49.7 Å². The molecule has 0 bridgehead atoms. The maximum absolute atomic E-state index is 11.6. The summed E-state index contributed by atoms with van der Waals surface area (Å²) in [5.41, 5.74) is 2.63. The molecule has 0 radical (unpaired) electrons. The fourth-order valence-electron chi connectivity index (χ4n) is 3.05. The van der Waals surface area contributed by atoms with Crippen molar-refractivity contribution in [3.63, 3.8) is 0 Å². The molecule has 0 saturated carbocycles. The Bertz CT molecular complexity index is 491. The molecule has 20 heavy (non-hydrogen) atoms. The Morgan fingerprint density at radius 3 is 3.05 bits per heavy atom. The minimum atomic E-state index is 0.0931. The zero-order valence-corrected chi connectivity index (χ0v) is 11.9. The van der Waals surface area contributed by atoms with Gasteiger partial charge in [0, 0.05) is 38.4 Å². The minimum absolute atomic E-state index is 0.0931. The number of para-hydroxylation sites is 1. The van der Waals surface area contributed by atoms with Gasteiger partial charge in [0.05, 0.1) is 6.04 Å². The second-order valence-electron chi connectivity index (χ2n) is 5.39. The van der Waals surface area contributed by atoms with Crippen molar-refractivity contribution in [1.82, 2.24) is 15.5 Å². The number of benzene rings is 1. The number of hydrogen-bond donors (Lipinski definition) is 2. The Balaban J connectivity index is 1.75. The van der Waals surface area contributed by atoms with E-state index in [1.54, 1.807) is 0 Å². The molecule has 0 spiro atoms. The van der Waals surface area contributed by atoms with Gasteiger partial charge in [0.25, 0.3) is 0 Å². The third kappa shape index (κ3) is 2.45. The summed E-state index contributed by atoms with van der Waals surface area (Å²) in [6.07, 6.45) is 0. The lowest BCUT2D eigenvalue weighted by Gasteiger charge is -2.38. The summed E-state index contributed by atoms with van der Waals surface area (Å²) in [6.45, 7) is 7.40. The van der Waals surface area contributed by atoms with Crippen LogP contribution in [0, 0.1) is 0 Å². The predicted octanol–water partition coefficient (Wildman–Crippen LogP) is 1.01. The van der Waals surface area contributed by atoms with E-state index < -0.39 is 0 Å². The zero-order chi connectivity index (χ0) is 13.9. The Kier molecular flexibility index (Phi) is 3.78. The van der Waals surface area contributed by atoms with Gasteiger partial charge < -0.3 is 20.4 Å². The molecule has 0 aliphatic carbocycles. The number of hydrogen-bond acceptors (Lipinski definition) is 3. The Labute approximate surface area is 119 Å². The SMILES string of the molecule is CCNCc1ccccc1N1CCN2C(=O)NCC2C1. The van der Waals surface area contributed by atoms with Crippen LogP contribution in [0.5, 0.6) is 0 Å². The van der Waals surface area contributed by atoms with Gasteiger partial charge in [0.1, 0.15) is 0 Å². The van der Waals surface area contributed by atoms with Gasteiger partial charge in [-0.25, -0.2) is 4.79 Å². The Hall–Kier alpha value is -1.75. The molecule has 1 aromatic carbocycles. The van der Waals surface area contributed by atoms with Gasteiger partial charge in [-0.05, 0) is 18.2 Å². The highest BCUT2D eigenvalue weighted by atomic mass is 16.2. The molecule has 2 heterocycles. The molecule has 2 fully saturated rings. The molecule has 1 unspecified atom stereocenters. The molecular formula is C15H22N4O. The summed E-state index contributed by atoms with van der Waals surface area (Å²) in [5.74, 6) is 0. The van der Waals surface area contributed by atoms with E-state index in [2.05, 4.69) is 46.7 Å². The molecule has 2 aliphatic heterocycles. The number of anilines is 1. The zero-order valence-electron chi connectivity index (χ0n) is 11.9. The first-order chi connectivity index (χ1) is 9.79. The molecule has 3 rings (SSSR count). The standard InChI is InChI=1S/C15H22N4O/c1-2-16-9-12-5-3-4-6-14(12)18-7-8-19-13(11-18)10-17-15(19)20/h3-6,13,16H,2,7-11H2,1H3,(H,17,20). The van der Waals surface area contributed by atoms with Gasteiger partial charge in [-0.3, -0.25) is 0 Å². The summed E-state index contributed by atoms with van der Waals surface area (Å²) in [6, 6.07) is 8.95. The quantitative estimate of drug-likeness (QED) is 0.861. The van der Waals surface area contributed by atoms with E-state index >= 15 is 0 Å². The minimum Gasteiger partial charge on any atom is -0.367 e. The summed E-state index contributed by atoms with van der Waals surface area (Å²) < 4.78 is 0. The summed E-state index contributed by atoms with van der Waals surface area (Å²) in [5, 5.41) is 6.32. The van der Waals surface area contributed by atoms with E-state index in [0.29, 0.717) is 6.04 Å². The van der Waals surface area contributed by atoms with Gasteiger partial charge in [-0.1, -0.05) is 25.1 Å². The molecule has 1 aromatic rings. The largest absolute Gasteiger partial charge is 0.367 e. The lowest BCUT2D eigenvalue weighted by molar-refractivity contribution is 0.197. The van der Waals surface area contributed by atoms with E-state index in [1.807, 2.05) is 4.90 Å². The molecule has 2 N–H and O–H groups in total. The summed E-state index contributed by atoms with van der Waals surface area (Å²) in [7, 11) is 0. The molecule has 2 saturated heterocycles. The Morgan fingerprint density at radius 2 is 2.20 bits per heavy atom. The second kappa shape index (κ2) is 5.71. The van der Waals surface area contributed by atoms with E-state index in [1.165, 1.54) is 11.3 Å². The lowest BCUT2D eigenvalue weighted by Crippen LogP contribution is -2.52. The average molecular weight is 274 g/mol. The number of carbonyl (C=O) groups is 1. The summed E-state index contributed by atoms with van der Waals surface area (Å²) >= 11 is 0. The number of rotatable bonds is 4. The van der Waals surface area contributed by atoms with Crippen molar-refractivity contribution in [3.8, 4) is 0 Å². The highest BCUT2D eigenvalue weighted by Crippen LogP contribution is 2.24. The molecule has 5 heteroatoms. The fraction of sp³-hybridized carbons (Fsp3) is 0.533. The van der Waals surface area contributed by atoms with E-state index in [9.17, 15) is 4.79 Å². The monoisotopic (exact) mass is 274 g/mol. The van der Waals surface area contributed by atoms with Crippen molar-refractivity contribution in [2.75, 3.05) is 37.6 Å². The van der Waals surface area contributed by atoms with Crippen LogP contribution in [0.25, 0.3) is 0 Å². The van der Waals surface area contributed by atoms with E-state index in [0.717, 1.165) is 39.3 Å². The molecular weight excluding hydrogens is 252 g/mol. The van der Waals surface area contributed by atoms with Crippen molar-refractivity contribution in [2.24, 2.45) is 0 Å². The highest BCUT2D eigenvalue weighted by Gasteiger charge is 2.35. The number of amides is 2. The van der Waals surface area contributed by atoms with Crippen molar-refractivity contribution in [1.29, 1.82) is 0 Å². The van der Waals surface area contributed by atoms with Crippen molar-refractivity contribution in [3.05, 3.63) is 29.8 Å². The number of nitrogens with zero attached hydrogens (tertiary/aromatic N) is 2. The maximum Gasteiger partial charge on any atom is 0.317 e. The highest BCUT2D eigenvalue weighted by molar-refractivity contribution is 5.77.